The SMILES string of the molecule is O=C1SC(=O)N(OCCNc2ncccn2)C1=Cc1ccccc1. The number of nitrogens with zero attached hydrogens (tertiary/aromatic N) is 3. The van der Waals surface area contributed by atoms with Crippen LogP contribution in [0.5, 0.6) is 0 Å². The second-order valence-electron chi connectivity index (χ2n) is 4.72. The van der Waals surface area contributed by atoms with E-state index in [2.05, 4.69) is 15.3 Å². The number of nitrogens with one attached hydrogen (secondary N) is 1. The largest absolute Gasteiger partial charge is 0.352 e. The predicted octanol–water partition coefficient (Wildman–Crippen LogP) is 2.56. The van der Waals surface area contributed by atoms with Gasteiger partial charge in [0.05, 0.1) is 6.61 Å². The van der Waals surface area contributed by atoms with Crippen molar-refractivity contribution in [2.24, 2.45) is 0 Å². The van der Waals surface area contributed by atoms with Gasteiger partial charge >= 0.3 is 5.24 Å². The van der Waals surface area contributed by atoms with Crippen molar-refractivity contribution in [2.45, 2.75) is 0 Å². The highest BCUT2D eigenvalue weighted by Gasteiger charge is 2.36. The first-order valence-corrected chi connectivity index (χ1v) is 8.02. The van der Waals surface area contributed by atoms with Gasteiger partial charge in [0.1, 0.15) is 5.70 Å². The Balaban J connectivity index is 1.61. The van der Waals surface area contributed by atoms with Crippen molar-refractivity contribution in [1.82, 2.24) is 15.0 Å². The molecule has 2 aromatic rings. The molecular formula is C16H14N4O3S. The highest BCUT2D eigenvalue weighted by molar-refractivity contribution is 8.27. The van der Waals surface area contributed by atoms with Gasteiger partial charge in [0.2, 0.25) is 11.1 Å². The summed E-state index contributed by atoms with van der Waals surface area (Å²) in [4.78, 5) is 37.4. The molecule has 1 amide bonds. The molecule has 1 aromatic heterocycles. The molecule has 1 aliphatic heterocycles. The summed E-state index contributed by atoms with van der Waals surface area (Å²) in [6.45, 7) is 0.579. The Morgan fingerprint density at radius 3 is 2.62 bits per heavy atom. The fourth-order valence-electron chi connectivity index (χ4n) is 1.99. The van der Waals surface area contributed by atoms with E-state index in [-0.39, 0.29) is 17.4 Å². The minimum atomic E-state index is -0.446. The number of rotatable bonds is 6. The fraction of sp³-hybridized carbons (Fsp3) is 0.125. The van der Waals surface area contributed by atoms with Crippen LogP contribution in [0.1, 0.15) is 5.56 Å². The average Bonchev–Trinajstić information content (AvgIpc) is 2.87. The van der Waals surface area contributed by atoms with E-state index in [1.54, 1.807) is 24.5 Å². The zero-order valence-corrected chi connectivity index (χ0v) is 13.4. The summed E-state index contributed by atoms with van der Waals surface area (Å²) in [6.07, 6.45) is 4.88. The van der Waals surface area contributed by atoms with E-state index >= 15 is 0 Å². The number of aromatic nitrogens is 2. The number of benzene rings is 1. The third kappa shape index (κ3) is 3.98. The van der Waals surface area contributed by atoms with Gasteiger partial charge in [-0.1, -0.05) is 30.3 Å². The summed E-state index contributed by atoms with van der Waals surface area (Å²) in [7, 11) is 0. The highest BCUT2D eigenvalue weighted by Crippen LogP contribution is 2.30. The van der Waals surface area contributed by atoms with Crippen molar-refractivity contribution < 1.29 is 14.4 Å². The van der Waals surface area contributed by atoms with Gasteiger partial charge in [0.15, 0.2) is 0 Å². The molecule has 1 N–H and O–H groups in total. The Morgan fingerprint density at radius 2 is 1.88 bits per heavy atom. The summed E-state index contributed by atoms with van der Waals surface area (Å²) in [5, 5.41) is 3.22. The van der Waals surface area contributed by atoms with Crippen molar-refractivity contribution in [2.75, 3.05) is 18.5 Å². The van der Waals surface area contributed by atoms with Crippen LogP contribution >= 0.6 is 11.8 Å². The summed E-state index contributed by atoms with van der Waals surface area (Å²) < 4.78 is 0. The molecule has 1 aliphatic rings. The highest BCUT2D eigenvalue weighted by atomic mass is 32.2. The van der Waals surface area contributed by atoms with Crippen LogP contribution in [-0.2, 0) is 9.63 Å². The molecule has 1 aromatic carbocycles. The number of carbonyl (C=O) groups is 2. The molecule has 122 valence electrons. The fourth-order valence-corrected chi connectivity index (χ4v) is 2.63. The lowest BCUT2D eigenvalue weighted by atomic mass is 10.2. The number of carbonyl (C=O) groups excluding carboxylic acids is 2. The number of amides is 1. The Labute approximate surface area is 142 Å². The van der Waals surface area contributed by atoms with Gasteiger partial charge in [-0.25, -0.2) is 9.97 Å². The monoisotopic (exact) mass is 342 g/mol. The van der Waals surface area contributed by atoms with E-state index in [0.29, 0.717) is 24.3 Å². The normalized spacial score (nSPS) is 16.0. The molecule has 2 heterocycles. The summed E-state index contributed by atoms with van der Waals surface area (Å²) in [5.74, 6) is 0.472. The van der Waals surface area contributed by atoms with Gasteiger partial charge in [0.25, 0.3) is 0 Å². The molecule has 0 aliphatic carbocycles. The maximum absolute atomic E-state index is 12.0. The van der Waals surface area contributed by atoms with E-state index < -0.39 is 5.24 Å². The molecule has 0 atom stereocenters. The minimum absolute atomic E-state index is 0.184. The van der Waals surface area contributed by atoms with Crippen molar-refractivity contribution in [3.05, 3.63) is 60.1 Å². The molecule has 0 unspecified atom stereocenters. The Bertz CT molecular complexity index is 752. The first-order chi connectivity index (χ1) is 11.7. The van der Waals surface area contributed by atoms with Crippen LogP contribution < -0.4 is 5.32 Å². The quantitative estimate of drug-likeness (QED) is 0.638. The van der Waals surface area contributed by atoms with Crippen molar-refractivity contribution in [3.63, 3.8) is 0 Å². The molecule has 1 fully saturated rings. The van der Waals surface area contributed by atoms with Gasteiger partial charge in [-0.05, 0) is 17.7 Å². The number of hydroxylamine groups is 2. The number of thioether (sulfide) groups is 1. The predicted molar refractivity (Wildman–Crippen MR) is 90.7 cm³/mol. The average molecular weight is 342 g/mol. The second kappa shape index (κ2) is 7.71. The van der Waals surface area contributed by atoms with Crippen LogP contribution in [0.2, 0.25) is 0 Å². The zero-order chi connectivity index (χ0) is 16.8. The third-order valence-corrected chi connectivity index (χ3v) is 3.78. The molecule has 0 bridgehead atoms. The smallest absolute Gasteiger partial charge is 0.318 e. The Hall–Kier alpha value is -2.71. The van der Waals surface area contributed by atoms with E-state index in [9.17, 15) is 9.59 Å². The zero-order valence-electron chi connectivity index (χ0n) is 12.6. The second-order valence-corrected chi connectivity index (χ2v) is 5.65. The lowest BCUT2D eigenvalue weighted by Gasteiger charge is -2.15. The molecule has 24 heavy (non-hydrogen) atoms. The maximum atomic E-state index is 12.0. The summed E-state index contributed by atoms with van der Waals surface area (Å²) >= 11 is 0.620. The van der Waals surface area contributed by atoms with Crippen LogP contribution in [0.4, 0.5) is 10.7 Å². The topological polar surface area (TPSA) is 84.4 Å². The first kappa shape index (κ1) is 16.2. The summed E-state index contributed by atoms with van der Waals surface area (Å²) in [5.41, 5.74) is 1.03. The van der Waals surface area contributed by atoms with Gasteiger partial charge in [-0.15, -0.1) is 0 Å². The van der Waals surface area contributed by atoms with E-state index in [0.717, 1.165) is 10.6 Å². The molecule has 0 saturated carbocycles. The van der Waals surface area contributed by atoms with Crippen LogP contribution in [-0.4, -0.2) is 38.5 Å². The van der Waals surface area contributed by atoms with Gasteiger partial charge in [-0.3, -0.25) is 14.4 Å². The molecule has 3 rings (SSSR count). The molecular weight excluding hydrogens is 328 g/mol. The maximum Gasteiger partial charge on any atom is 0.318 e. The molecule has 1 saturated heterocycles. The van der Waals surface area contributed by atoms with Crippen LogP contribution in [0.3, 0.4) is 0 Å². The van der Waals surface area contributed by atoms with E-state index in [1.807, 2.05) is 30.3 Å². The van der Waals surface area contributed by atoms with Gasteiger partial charge < -0.3 is 5.32 Å². The van der Waals surface area contributed by atoms with E-state index in [1.165, 1.54) is 0 Å². The van der Waals surface area contributed by atoms with Gasteiger partial charge in [-0.2, -0.15) is 5.06 Å². The van der Waals surface area contributed by atoms with Crippen molar-refractivity contribution in [3.8, 4) is 0 Å². The van der Waals surface area contributed by atoms with Crippen LogP contribution in [0, 0.1) is 0 Å². The Morgan fingerprint density at radius 1 is 1.12 bits per heavy atom. The Kier molecular flexibility index (Phi) is 5.19. The van der Waals surface area contributed by atoms with Crippen molar-refractivity contribution in [1.29, 1.82) is 0 Å². The number of hydrogen-bond donors (Lipinski definition) is 1. The molecule has 7 nitrogen and oxygen atoms in total. The number of hydrogen-bond acceptors (Lipinski definition) is 7. The lowest BCUT2D eigenvalue weighted by molar-refractivity contribution is -0.116. The molecule has 0 radical (unpaired) electrons. The third-order valence-electron chi connectivity index (χ3n) is 3.05. The molecule has 8 heteroatoms. The van der Waals surface area contributed by atoms with E-state index in [4.69, 9.17) is 4.84 Å². The van der Waals surface area contributed by atoms with Crippen molar-refractivity contribution >= 4 is 34.1 Å². The number of anilines is 1. The minimum Gasteiger partial charge on any atom is -0.352 e. The molecule has 0 spiro atoms. The first-order valence-electron chi connectivity index (χ1n) is 7.21. The van der Waals surface area contributed by atoms with Crippen LogP contribution in [0.15, 0.2) is 54.5 Å². The summed E-state index contributed by atoms with van der Waals surface area (Å²) in [6, 6.07) is 11.0. The van der Waals surface area contributed by atoms with Crippen LogP contribution in [0.25, 0.3) is 6.08 Å². The standard InChI is InChI=1S/C16H14N4O3S/c21-14-13(11-12-5-2-1-3-6-12)20(16(22)24-14)23-10-9-19-15-17-7-4-8-18-15/h1-8,11H,9-10H2,(H,17,18,19). The van der Waals surface area contributed by atoms with Gasteiger partial charge in [0, 0.05) is 30.7 Å². The lowest BCUT2D eigenvalue weighted by Crippen LogP contribution is -2.26.